The summed E-state index contributed by atoms with van der Waals surface area (Å²) in [5.74, 6) is 0.267. The molecule has 1 saturated heterocycles. The van der Waals surface area contributed by atoms with Gasteiger partial charge in [0.25, 0.3) is 0 Å². The molecule has 33 heavy (non-hydrogen) atoms. The van der Waals surface area contributed by atoms with Crippen molar-refractivity contribution in [2.75, 3.05) is 18.4 Å². The number of anilines is 1. The van der Waals surface area contributed by atoms with Crippen LogP contribution in [0.4, 0.5) is 5.82 Å². The van der Waals surface area contributed by atoms with Crippen molar-refractivity contribution in [3.63, 3.8) is 0 Å². The third-order valence-corrected chi connectivity index (χ3v) is 7.59. The van der Waals surface area contributed by atoms with Crippen LogP contribution in [0.25, 0.3) is 12.2 Å². The van der Waals surface area contributed by atoms with Crippen LogP contribution in [-0.2, 0) is 14.8 Å². The predicted octanol–water partition coefficient (Wildman–Crippen LogP) is 3.80. The number of aryl methyl sites for hydroxylation is 3. The highest BCUT2D eigenvalue weighted by Crippen LogP contribution is 2.29. The molecule has 1 fully saturated rings. The molecule has 1 N–H and O–H groups in total. The molecule has 9 nitrogen and oxygen atoms in total. The van der Waals surface area contributed by atoms with E-state index in [2.05, 4.69) is 15.6 Å². The maximum Gasteiger partial charge on any atom is 0.248 e. The van der Waals surface area contributed by atoms with Crippen molar-refractivity contribution >= 4 is 33.9 Å². The normalized spacial score (nSPS) is 17.5. The Morgan fingerprint density at radius 2 is 1.88 bits per heavy atom. The minimum absolute atomic E-state index is 0.0269. The number of carbonyl (C=O) groups excluding carboxylic acids is 1. The molecule has 1 aliphatic rings. The zero-order valence-corrected chi connectivity index (χ0v) is 19.6. The first-order valence-electron chi connectivity index (χ1n) is 10.7. The number of benzene rings is 1. The first-order valence-corrected chi connectivity index (χ1v) is 12.1. The molecule has 0 spiro atoms. The Bertz CT molecular complexity index is 1270. The standard InChI is InChI=1S/C23H26N4O5S/c1-15-6-8-18(9-7-15)10-11-20-22(17(3)25-32-20)33(29,30)27-12-4-5-19(14-27)23(28)24-21-13-16(2)31-26-21/h6-11,13,19H,4-5,12,14H2,1-3H3,(H,24,26,28)/b11-10+/t19-/m0/s1. The zero-order valence-electron chi connectivity index (χ0n) is 18.7. The Hall–Kier alpha value is -3.24. The Kier molecular flexibility index (Phi) is 6.48. The van der Waals surface area contributed by atoms with Crippen LogP contribution in [0.3, 0.4) is 0 Å². The predicted molar refractivity (Wildman–Crippen MR) is 123 cm³/mol. The van der Waals surface area contributed by atoms with Crippen LogP contribution in [0.5, 0.6) is 0 Å². The number of amides is 1. The third kappa shape index (κ3) is 5.07. The minimum Gasteiger partial charge on any atom is -0.360 e. The lowest BCUT2D eigenvalue weighted by Gasteiger charge is -2.30. The molecule has 1 aliphatic heterocycles. The summed E-state index contributed by atoms with van der Waals surface area (Å²) in [7, 11) is -3.91. The monoisotopic (exact) mass is 470 g/mol. The number of carbonyl (C=O) groups is 1. The van der Waals surface area contributed by atoms with Crippen molar-refractivity contribution in [2.45, 2.75) is 38.5 Å². The molecule has 0 radical (unpaired) electrons. The van der Waals surface area contributed by atoms with Crippen LogP contribution in [0.2, 0.25) is 0 Å². The first-order chi connectivity index (χ1) is 15.7. The molecule has 3 aromatic rings. The van der Waals surface area contributed by atoms with E-state index in [0.29, 0.717) is 31.0 Å². The van der Waals surface area contributed by atoms with Crippen molar-refractivity contribution in [1.29, 1.82) is 0 Å². The van der Waals surface area contributed by atoms with Gasteiger partial charge in [0.05, 0.1) is 5.92 Å². The van der Waals surface area contributed by atoms with E-state index in [1.807, 2.05) is 31.2 Å². The molecule has 3 heterocycles. The Morgan fingerprint density at radius 3 is 2.58 bits per heavy atom. The van der Waals surface area contributed by atoms with Crippen LogP contribution in [0, 0.1) is 26.7 Å². The van der Waals surface area contributed by atoms with E-state index in [9.17, 15) is 13.2 Å². The van der Waals surface area contributed by atoms with Gasteiger partial charge in [-0.3, -0.25) is 4.79 Å². The molecular weight excluding hydrogens is 444 g/mol. The molecule has 0 bridgehead atoms. The van der Waals surface area contributed by atoms with Gasteiger partial charge in [-0.05, 0) is 45.3 Å². The van der Waals surface area contributed by atoms with Gasteiger partial charge in [-0.2, -0.15) is 4.31 Å². The van der Waals surface area contributed by atoms with Gasteiger partial charge in [0, 0.05) is 19.2 Å². The smallest absolute Gasteiger partial charge is 0.248 e. The molecule has 0 unspecified atom stereocenters. The molecule has 10 heteroatoms. The topological polar surface area (TPSA) is 119 Å². The SMILES string of the molecule is Cc1ccc(/C=C/c2onc(C)c2S(=O)(=O)N2CCC[C@H](C(=O)Nc3cc(C)on3)C2)cc1. The van der Waals surface area contributed by atoms with E-state index in [4.69, 9.17) is 9.05 Å². The molecule has 174 valence electrons. The van der Waals surface area contributed by atoms with Gasteiger partial charge < -0.3 is 14.4 Å². The number of nitrogens with one attached hydrogen (secondary N) is 1. The second-order valence-corrected chi connectivity index (χ2v) is 10.1. The molecule has 1 aromatic carbocycles. The molecule has 4 rings (SSSR count). The van der Waals surface area contributed by atoms with Crippen molar-refractivity contribution < 1.29 is 22.3 Å². The average molecular weight is 471 g/mol. The zero-order chi connectivity index (χ0) is 23.6. The molecule has 0 saturated carbocycles. The van der Waals surface area contributed by atoms with E-state index in [-0.39, 0.29) is 28.8 Å². The summed E-state index contributed by atoms with van der Waals surface area (Å²) >= 11 is 0. The molecule has 0 aliphatic carbocycles. The maximum absolute atomic E-state index is 13.5. The summed E-state index contributed by atoms with van der Waals surface area (Å²) in [6.45, 7) is 5.71. The van der Waals surface area contributed by atoms with E-state index in [1.165, 1.54) is 4.31 Å². The van der Waals surface area contributed by atoms with Gasteiger partial charge in [-0.25, -0.2) is 8.42 Å². The summed E-state index contributed by atoms with van der Waals surface area (Å²) in [6, 6.07) is 9.44. The van der Waals surface area contributed by atoms with Crippen LogP contribution < -0.4 is 5.32 Å². The second kappa shape index (κ2) is 9.32. The summed E-state index contributed by atoms with van der Waals surface area (Å²) < 4.78 is 38.7. The van der Waals surface area contributed by atoms with Crippen molar-refractivity contribution in [1.82, 2.24) is 14.6 Å². The summed E-state index contributed by atoms with van der Waals surface area (Å²) in [5, 5.41) is 10.3. The van der Waals surface area contributed by atoms with Gasteiger partial charge in [0.15, 0.2) is 16.5 Å². The van der Waals surface area contributed by atoms with E-state index >= 15 is 0 Å². The summed E-state index contributed by atoms with van der Waals surface area (Å²) in [6.07, 6.45) is 4.54. The van der Waals surface area contributed by atoms with E-state index in [0.717, 1.165) is 11.1 Å². The fourth-order valence-corrected chi connectivity index (χ4v) is 5.58. The van der Waals surface area contributed by atoms with Crippen molar-refractivity contribution in [3.05, 3.63) is 58.7 Å². The van der Waals surface area contributed by atoms with Crippen LogP contribution in [-0.4, -0.2) is 42.0 Å². The lowest BCUT2D eigenvalue weighted by molar-refractivity contribution is -0.120. The Morgan fingerprint density at radius 1 is 1.12 bits per heavy atom. The Balaban J connectivity index is 1.53. The Labute approximate surface area is 192 Å². The first kappa shape index (κ1) is 22.9. The lowest BCUT2D eigenvalue weighted by atomic mass is 9.99. The maximum atomic E-state index is 13.5. The van der Waals surface area contributed by atoms with Crippen LogP contribution >= 0.6 is 0 Å². The highest BCUT2D eigenvalue weighted by molar-refractivity contribution is 7.89. The van der Waals surface area contributed by atoms with Gasteiger partial charge in [-0.1, -0.05) is 46.2 Å². The quantitative estimate of drug-likeness (QED) is 0.582. The van der Waals surface area contributed by atoms with Gasteiger partial charge in [-0.15, -0.1) is 0 Å². The average Bonchev–Trinajstić information content (AvgIpc) is 3.38. The largest absolute Gasteiger partial charge is 0.360 e. The fraction of sp³-hybridized carbons (Fsp3) is 0.348. The van der Waals surface area contributed by atoms with Crippen LogP contribution in [0.1, 0.15) is 41.2 Å². The van der Waals surface area contributed by atoms with E-state index in [1.54, 1.807) is 32.1 Å². The highest BCUT2D eigenvalue weighted by Gasteiger charge is 2.37. The third-order valence-electron chi connectivity index (χ3n) is 5.57. The molecular formula is C23H26N4O5S. The van der Waals surface area contributed by atoms with Crippen molar-refractivity contribution in [3.8, 4) is 0 Å². The minimum atomic E-state index is -3.91. The van der Waals surface area contributed by atoms with Gasteiger partial charge >= 0.3 is 0 Å². The van der Waals surface area contributed by atoms with Gasteiger partial charge in [0.2, 0.25) is 15.9 Å². The highest BCUT2D eigenvalue weighted by atomic mass is 32.2. The number of hydrogen-bond donors (Lipinski definition) is 1. The number of piperidine rings is 1. The fourth-order valence-electron chi connectivity index (χ4n) is 3.81. The molecule has 1 amide bonds. The molecule has 2 aromatic heterocycles. The second-order valence-electron chi connectivity index (χ2n) is 8.22. The van der Waals surface area contributed by atoms with E-state index < -0.39 is 15.9 Å². The number of rotatable bonds is 6. The number of hydrogen-bond acceptors (Lipinski definition) is 7. The lowest BCUT2D eigenvalue weighted by Crippen LogP contribution is -2.43. The van der Waals surface area contributed by atoms with Crippen molar-refractivity contribution in [2.24, 2.45) is 5.92 Å². The number of aromatic nitrogens is 2. The van der Waals surface area contributed by atoms with Gasteiger partial charge in [0.1, 0.15) is 11.5 Å². The molecule has 1 atom stereocenters. The summed E-state index contributed by atoms with van der Waals surface area (Å²) in [5.41, 5.74) is 2.33. The van der Waals surface area contributed by atoms with Crippen LogP contribution in [0.15, 0.2) is 44.3 Å². The number of sulfonamides is 1. The number of nitrogens with zero attached hydrogens (tertiary/aromatic N) is 3. The summed E-state index contributed by atoms with van der Waals surface area (Å²) in [4.78, 5) is 12.7.